The maximum Gasteiger partial charge on any atom is 0.306 e. The van der Waals surface area contributed by atoms with E-state index in [1.807, 2.05) is 0 Å². The first-order valence-corrected chi connectivity index (χ1v) is 4.32. The minimum absolute atomic E-state index is 0.0258. The van der Waals surface area contributed by atoms with E-state index in [1.165, 1.54) is 24.3 Å². The zero-order valence-electron chi connectivity index (χ0n) is 7.82. The van der Waals surface area contributed by atoms with Gasteiger partial charge in [-0.2, -0.15) is 0 Å². The highest BCUT2D eigenvalue weighted by molar-refractivity contribution is 5.66. The van der Waals surface area contributed by atoms with Crippen LogP contribution in [-0.4, -0.2) is 17.7 Å². The smallest absolute Gasteiger partial charge is 0.306 e. The Morgan fingerprint density at radius 3 is 2.80 bits per heavy atom. The monoisotopic (exact) mass is 216 g/mol. The second-order valence-corrected chi connectivity index (χ2v) is 2.87. The van der Waals surface area contributed by atoms with E-state index in [9.17, 15) is 13.6 Å². The number of aliphatic carboxylic acids is 1. The molecule has 1 aromatic carbocycles. The fourth-order valence-corrected chi connectivity index (χ4v) is 0.996. The summed E-state index contributed by atoms with van der Waals surface area (Å²) >= 11 is 0. The summed E-state index contributed by atoms with van der Waals surface area (Å²) in [5.41, 5.74) is -0.136. The zero-order chi connectivity index (χ0) is 11.3. The lowest BCUT2D eigenvalue weighted by molar-refractivity contribution is -0.137. The van der Waals surface area contributed by atoms with E-state index in [4.69, 9.17) is 9.84 Å². The van der Waals surface area contributed by atoms with Gasteiger partial charge in [0.05, 0.1) is 13.0 Å². The number of rotatable bonds is 5. The molecule has 0 heterocycles. The molecule has 0 saturated carbocycles. The van der Waals surface area contributed by atoms with E-state index < -0.39 is 12.4 Å². The van der Waals surface area contributed by atoms with Gasteiger partial charge in [0.1, 0.15) is 5.75 Å². The molecule has 0 spiro atoms. The average molecular weight is 216 g/mol. The molecule has 0 bridgehead atoms. The lowest BCUT2D eigenvalue weighted by atomic mass is 10.2. The van der Waals surface area contributed by atoms with E-state index in [1.54, 1.807) is 0 Å². The number of benzene rings is 1. The quantitative estimate of drug-likeness (QED) is 0.822. The number of halogens is 2. The van der Waals surface area contributed by atoms with Crippen LogP contribution < -0.4 is 4.74 Å². The van der Waals surface area contributed by atoms with Crippen LogP contribution in [0.4, 0.5) is 8.78 Å². The second kappa shape index (κ2) is 5.29. The Hall–Kier alpha value is -1.65. The van der Waals surface area contributed by atoms with E-state index in [-0.39, 0.29) is 24.3 Å². The predicted octanol–water partition coefficient (Wildman–Crippen LogP) is 2.48. The van der Waals surface area contributed by atoms with Gasteiger partial charge >= 0.3 is 5.97 Å². The molecular weight excluding hydrogens is 206 g/mol. The van der Waals surface area contributed by atoms with Crippen molar-refractivity contribution in [1.82, 2.24) is 0 Å². The number of hydrogen-bond acceptors (Lipinski definition) is 2. The first-order valence-electron chi connectivity index (χ1n) is 4.32. The molecule has 5 heteroatoms. The molecule has 0 aliphatic carbocycles. The van der Waals surface area contributed by atoms with Crippen molar-refractivity contribution in [3.05, 3.63) is 29.8 Å². The third-order valence-corrected chi connectivity index (χ3v) is 1.69. The van der Waals surface area contributed by atoms with E-state index in [2.05, 4.69) is 0 Å². The Bertz CT molecular complexity index is 339. The molecule has 0 aliphatic heterocycles. The van der Waals surface area contributed by atoms with Gasteiger partial charge in [-0.3, -0.25) is 4.79 Å². The fourth-order valence-electron chi connectivity index (χ4n) is 0.996. The van der Waals surface area contributed by atoms with Crippen LogP contribution >= 0.6 is 0 Å². The summed E-state index contributed by atoms with van der Waals surface area (Å²) in [6.45, 7) is -0.0258. The number of alkyl halides is 2. The molecule has 0 fully saturated rings. The molecular formula is C10H10F2O3. The van der Waals surface area contributed by atoms with Crippen LogP contribution in [0.1, 0.15) is 18.4 Å². The number of ether oxygens (including phenoxy) is 1. The summed E-state index contributed by atoms with van der Waals surface area (Å²) in [7, 11) is 0. The highest BCUT2D eigenvalue weighted by Crippen LogP contribution is 2.22. The van der Waals surface area contributed by atoms with Crippen molar-refractivity contribution in [2.75, 3.05) is 6.61 Å². The highest BCUT2D eigenvalue weighted by atomic mass is 19.3. The largest absolute Gasteiger partial charge is 0.493 e. The molecule has 0 aliphatic rings. The summed E-state index contributed by atoms with van der Waals surface area (Å²) in [6.07, 6.45) is -2.70. The normalized spacial score (nSPS) is 10.3. The molecule has 0 aromatic heterocycles. The molecule has 3 nitrogen and oxygen atoms in total. The van der Waals surface area contributed by atoms with Crippen LogP contribution in [-0.2, 0) is 4.79 Å². The van der Waals surface area contributed by atoms with Crippen molar-refractivity contribution in [3.8, 4) is 5.75 Å². The number of hydrogen-bond donors (Lipinski definition) is 1. The molecule has 0 saturated heterocycles. The first-order chi connectivity index (χ1) is 7.09. The maximum absolute atomic E-state index is 12.2. The first kappa shape index (κ1) is 11.4. The Morgan fingerprint density at radius 2 is 2.20 bits per heavy atom. The molecule has 1 rings (SSSR count). The summed E-state index contributed by atoms with van der Waals surface area (Å²) in [5, 5.41) is 8.33. The van der Waals surface area contributed by atoms with Gasteiger partial charge in [-0.15, -0.1) is 0 Å². The maximum atomic E-state index is 12.2. The van der Waals surface area contributed by atoms with Crippen molar-refractivity contribution >= 4 is 5.97 Å². The van der Waals surface area contributed by atoms with Crippen molar-refractivity contribution in [1.29, 1.82) is 0 Å². The lowest BCUT2D eigenvalue weighted by Gasteiger charge is -2.06. The molecule has 0 atom stereocenters. The Balaban J connectivity index is 2.54. The summed E-state index contributed by atoms with van der Waals surface area (Å²) < 4.78 is 29.5. The van der Waals surface area contributed by atoms with Gasteiger partial charge in [0, 0.05) is 5.56 Å². The van der Waals surface area contributed by atoms with Crippen LogP contribution in [0, 0.1) is 0 Å². The summed E-state index contributed by atoms with van der Waals surface area (Å²) in [5.74, 6) is -0.728. The van der Waals surface area contributed by atoms with Crippen molar-refractivity contribution < 1.29 is 23.4 Å². The van der Waals surface area contributed by atoms with Crippen LogP contribution in [0.25, 0.3) is 0 Å². The summed E-state index contributed by atoms with van der Waals surface area (Å²) in [6, 6.07) is 5.44. The predicted molar refractivity (Wildman–Crippen MR) is 49.1 cm³/mol. The molecule has 1 N–H and O–H groups in total. The van der Waals surface area contributed by atoms with Crippen LogP contribution in [0.3, 0.4) is 0 Å². The van der Waals surface area contributed by atoms with Crippen LogP contribution in [0.2, 0.25) is 0 Å². The Kier molecular flexibility index (Phi) is 4.03. The van der Waals surface area contributed by atoms with Gasteiger partial charge in [0.25, 0.3) is 6.43 Å². The van der Waals surface area contributed by atoms with E-state index >= 15 is 0 Å². The van der Waals surface area contributed by atoms with Gasteiger partial charge in [-0.25, -0.2) is 8.78 Å². The molecule has 0 radical (unpaired) electrons. The Morgan fingerprint density at radius 1 is 1.47 bits per heavy atom. The number of carboxylic acid groups (broad SMARTS) is 1. The second-order valence-electron chi connectivity index (χ2n) is 2.87. The third kappa shape index (κ3) is 3.93. The van der Waals surface area contributed by atoms with Crippen molar-refractivity contribution in [2.24, 2.45) is 0 Å². The fraction of sp³-hybridized carbons (Fsp3) is 0.300. The van der Waals surface area contributed by atoms with E-state index in [0.29, 0.717) is 0 Å². The van der Waals surface area contributed by atoms with Crippen LogP contribution in [0.15, 0.2) is 24.3 Å². The van der Waals surface area contributed by atoms with Gasteiger partial charge in [-0.1, -0.05) is 12.1 Å². The number of carbonyl (C=O) groups is 1. The SMILES string of the molecule is O=C(O)CCOc1cccc(C(F)F)c1. The molecule has 15 heavy (non-hydrogen) atoms. The van der Waals surface area contributed by atoms with Gasteiger partial charge in [0.2, 0.25) is 0 Å². The van der Waals surface area contributed by atoms with Gasteiger partial charge in [0.15, 0.2) is 0 Å². The summed E-state index contributed by atoms with van der Waals surface area (Å²) in [4.78, 5) is 10.2. The lowest BCUT2D eigenvalue weighted by Crippen LogP contribution is -2.04. The topological polar surface area (TPSA) is 46.5 Å². The van der Waals surface area contributed by atoms with Gasteiger partial charge in [-0.05, 0) is 12.1 Å². The van der Waals surface area contributed by atoms with Crippen molar-refractivity contribution in [3.63, 3.8) is 0 Å². The van der Waals surface area contributed by atoms with E-state index in [0.717, 1.165) is 0 Å². The van der Waals surface area contributed by atoms with Crippen LogP contribution in [0.5, 0.6) is 5.75 Å². The number of carboxylic acids is 1. The third-order valence-electron chi connectivity index (χ3n) is 1.69. The van der Waals surface area contributed by atoms with Gasteiger partial charge < -0.3 is 9.84 Å². The molecule has 82 valence electrons. The highest BCUT2D eigenvalue weighted by Gasteiger charge is 2.07. The molecule has 1 aromatic rings. The minimum Gasteiger partial charge on any atom is -0.493 e. The standard InChI is InChI=1S/C10H10F2O3/c11-10(12)7-2-1-3-8(6-7)15-5-4-9(13)14/h1-3,6,10H,4-5H2,(H,13,14). The Labute approximate surface area is 85.3 Å². The van der Waals surface area contributed by atoms with Crippen molar-refractivity contribution in [2.45, 2.75) is 12.8 Å². The average Bonchev–Trinajstić information content (AvgIpc) is 2.17. The zero-order valence-corrected chi connectivity index (χ0v) is 7.82. The molecule has 0 amide bonds. The molecule has 0 unspecified atom stereocenters. The minimum atomic E-state index is -2.55.